The second-order valence-electron chi connectivity index (χ2n) is 3.64. The Labute approximate surface area is 97.8 Å². The molecule has 0 aliphatic carbocycles. The maximum atomic E-state index is 4.14. The molecule has 0 amide bonds. The van der Waals surface area contributed by atoms with Gasteiger partial charge in [-0.1, -0.05) is 19.9 Å². The van der Waals surface area contributed by atoms with Crippen molar-refractivity contribution in [3.05, 3.63) is 12.7 Å². The summed E-state index contributed by atoms with van der Waals surface area (Å²) in [5.74, 6) is 3.62. The molecule has 0 aromatic heterocycles. The lowest BCUT2D eigenvalue weighted by Crippen LogP contribution is -2.40. The van der Waals surface area contributed by atoms with Crippen LogP contribution in [0, 0.1) is 5.92 Å². The Kier molecular flexibility index (Phi) is 9.48. The van der Waals surface area contributed by atoms with Crippen LogP contribution < -0.4 is 10.6 Å². The van der Waals surface area contributed by atoms with Crippen LogP contribution in [0.3, 0.4) is 0 Å². The van der Waals surface area contributed by atoms with Gasteiger partial charge in [-0.05, 0) is 5.92 Å². The van der Waals surface area contributed by atoms with E-state index in [9.17, 15) is 0 Å². The molecule has 0 aromatic rings. The third-order valence-electron chi connectivity index (χ3n) is 1.68. The number of guanidine groups is 1. The SMILES string of the molecule is C=CCSCCNC(=NC)NCC(C)C. The molecule has 15 heavy (non-hydrogen) atoms. The van der Waals surface area contributed by atoms with Gasteiger partial charge in [0.2, 0.25) is 0 Å². The number of nitrogens with zero attached hydrogens (tertiary/aromatic N) is 1. The van der Waals surface area contributed by atoms with Gasteiger partial charge in [0.15, 0.2) is 5.96 Å². The molecule has 2 N–H and O–H groups in total. The standard InChI is InChI=1S/C11H23N3S/c1-5-7-15-8-6-13-11(12-4)14-9-10(2)3/h5,10H,1,6-9H2,2-4H3,(H2,12,13,14). The summed E-state index contributed by atoms with van der Waals surface area (Å²) in [6.45, 7) is 9.94. The van der Waals surface area contributed by atoms with E-state index in [-0.39, 0.29) is 0 Å². The van der Waals surface area contributed by atoms with Gasteiger partial charge in [0.25, 0.3) is 0 Å². The molecule has 0 heterocycles. The van der Waals surface area contributed by atoms with Gasteiger partial charge in [-0.15, -0.1) is 6.58 Å². The molecule has 4 heteroatoms. The van der Waals surface area contributed by atoms with E-state index in [1.807, 2.05) is 17.8 Å². The summed E-state index contributed by atoms with van der Waals surface area (Å²) in [5, 5.41) is 6.54. The van der Waals surface area contributed by atoms with Crippen LogP contribution in [0.2, 0.25) is 0 Å². The molecule has 0 aliphatic rings. The molecule has 0 spiro atoms. The molecule has 0 radical (unpaired) electrons. The summed E-state index contributed by atoms with van der Waals surface area (Å²) in [7, 11) is 1.80. The topological polar surface area (TPSA) is 36.4 Å². The molecule has 88 valence electrons. The maximum Gasteiger partial charge on any atom is 0.191 e. The van der Waals surface area contributed by atoms with Crippen LogP contribution in [-0.4, -0.2) is 37.6 Å². The summed E-state index contributed by atoms with van der Waals surface area (Å²) in [4.78, 5) is 4.14. The predicted octanol–water partition coefficient (Wildman–Crippen LogP) is 1.73. The lowest BCUT2D eigenvalue weighted by atomic mass is 10.2. The van der Waals surface area contributed by atoms with Crippen molar-refractivity contribution in [2.45, 2.75) is 13.8 Å². The van der Waals surface area contributed by atoms with Crippen LogP contribution in [0.15, 0.2) is 17.6 Å². The van der Waals surface area contributed by atoms with E-state index in [1.54, 1.807) is 7.05 Å². The highest BCUT2D eigenvalue weighted by molar-refractivity contribution is 7.99. The van der Waals surface area contributed by atoms with Gasteiger partial charge in [0, 0.05) is 31.6 Å². The fourth-order valence-corrected chi connectivity index (χ4v) is 1.51. The Bertz CT molecular complexity index is 190. The lowest BCUT2D eigenvalue weighted by molar-refractivity contribution is 0.616. The van der Waals surface area contributed by atoms with Crippen molar-refractivity contribution in [1.82, 2.24) is 10.6 Å². The van der Waals surface area contributed by atoms with E-state index >= 15 is 0 Å². The largest absolute Gasteiger partial charge is 0.356 e. The molecular formula is C11H23N3S. The fourth-order valence-electron chi connectivity index (χ4n) is 0.930. The molecule has 0 atom stereocenters. The van der Waals surface area contributed by atoms with Crippen molar-refractivity contribution in [2.24, 2.45) is 10.9 Å². The van der Waals surface area contributed by atoms with E-state index in [0.29, 0.717) is 5.92 Å². The monoisotopic (exact) mass is 229 g/mol. The Morgan fingerprint density at radius 2 is 2.20 bits per heavy atom. The third-order valence-corrected chi connectivity index (χ3v) is 2.64. The summed E-state index contributed by atoms with van der Waals surface area (Å²) in [6.07, 6.45) is 1.93. The quantitative estimate of drug-likeness (QED) is 0.302. The average Bonchev–Trinajstić information content (AvgIpc) is 2.22. The third kappa shape index (κ3) is 9.66. The van der Waals surface area contributed by atoms with Crippen molar-refractivity contribution in [3.8, 4) is 0 Å². The first-order chi connectivity index (χ1) is 7.20. The zero-order valence-electron chi connectivity index (χ0n) is 10.0. The zero-order valence-corrected chi connectivity index (χ0v) is 10.9. The molecule has 0 saturated heterocycles. The number of aliphatic imine (C=N–C) groups is 1. The fraction of sp³-hybridized carbons (Fsp3) is 0.727. The number of nitrogens with one attached hydrogen (secondary N) is 2. The van der Waals surface area contributed by atoms with Gasteiger partial charge in [-0.25, -0.2) is 0 Å². The molecule has 0 fully saturated rings. The first-order valence-electron chi connectivity index (χ1n) is 5.33. The minimum Gasteiger partial charge on any atom is -0.356 e. The van der Waals surface area contributed by atoms with E-state index in [4.69, 9.17) is 0 Å². The Hall–Kier alpha value is -0.640. The maximum absolute atomic E-state index is 4.14. The Balaban J connectivity index is 3.49. The Morgan fingerprint density at radius 3 is 2.73 bits per heavy atom. The van der Waals surface area contributed by atoms with Crippen molar-refractivity contribution < 1.29 is 0 Å². The second kappa shape index (κ2) is 9.90. The zero-order chi connectivity index (χ0) is 11.5. The lowest BCUT2D eigenvalue weighted by Gasteiger charge is -2.12. The predicted molar refractivity (Wildman–Crippen MR) is 71.7 cm³/mol. The van der Waals surface area contributed by atoms with Crippen LogP contribution >= 0.6 is 11.8 Å². The second-order valence-corrected chi connectivity index (χ2v) is 4.79. The molecule has 0 aromatic carbocycles. The minimum atomic E-state index is 0.638. The number of hydrogen-bond donors (Lipinski definition) is 2. The van der Waals surface area contributed by atoms with E-state index in [1.165, 1.54) is 0 Å². The van der Waals surface area contributed by atoms with Crippen LogP contribution in [0.1, 0.15) is 13.8 Å². The van der Waals surface area contributed by atoms with Crippen LogP contribution in [0.4, 0.5) is 0 Å². The highest BCUT2D eigenvalue weighted by Gasteiger charge is 1.97. The normalized spacial score (nSPS) is 11.6. The molecular weight excluding hydrogens is 206 g/mol. The van der Waals surface area contributed by atoms with Crippen molar-refractivity contribution in [3.63, 3.8) is 0 Å². The highest BCUT2D eigenvalue weighted by atomic mass is 32.2. The molecule has 0 unspecified atom stereocenters. The minimum absolute atomic E-state index is 0.638. The Morgan fingerprint density at radius 1 is 1.47 bits per heavy atom. The summed E-state index contributed by atoms with van der Waals surface area (Å²) in [6, 6.07) is 0. The smallest absolute Gasteiger partial charge is 0.191 e. The molecule has 0 bridgehead atoms. The van der Waals surface area contributed by atoms with E-state index in [0.717, 1.165) is 30.6 Å². The van der Waals surface area contributed by atoms with Crippen molar-refractivity contribution >= 4 is 17.7 Å². The number of rotatable bonds is 7. The van der Waals surface area contributed by atoms with Crippen LogP contribution in [0.25, 0.3) is 0 Å². The first kappa shape index (κ1) is 14.4. The average molecular weight is 229 g/mol. The van der Waals surface area contributed by atoms with Gasteiger partial charge in [-0.3, -0.25) is 4.99 Å². The highest BCUT2D eigenvalue weighted by Crippen LogP contribution is 1.96. The first-order valence-corrected chi connectivity index (χ1v) is 6.49. The van der Waals surface area contributed by atoms with Crippen molar-refractivity contribution in [2.75, 3.05) is 31.6 Å². The van der Waals surface area contributed by atoms with Crippen molar-refractivity contribution in [1.29, 1.82) is 0 Å². The van der Waals surface area contributed by atoms with Gasteiger partial charge in [0.1, 0.15) is 0 Å². The molecule has 0 rings (SSSR count). The van der Waals surface area contributed by atoms with Crippen LogP contribution in [-0.2, 0) is 0 Å². The van der Waals surface area contributed by atoms with Gasteiger partial charge < -0.3 is 10.6 Å². The van der Waals surface area contributed by atoms with Gasteiger partial charge in [-0.2, -0.15) is 11.8 Å². The number of hydrogen-bond acceptors (Lipinski definition) is 2. The summed E-state index contributed by atoms with van der Waals surface area (Å²) in [5.41, 5.74) is 0. The summed E-state index contributed by atoms with van der Waals surface area (Å²) >= 11 is 1.87. The molecule has 0 aliphatic heterocycles. The summed E-state index contributed by atoms with van der Waals surface area (Å²) < 4.78 is 0. The van der Waals surface area contributed by atoms with Gasteiger partial charge >= 0.3 is 0 Å². The van der Waals surface area contributed by atoms with E-state index < -0.39 is 0 Å². The van der Waals surface area contributed by atoms with Crippen LogP contribution in [0.5, 0.6) is 0 Å². The molecule has 3 nitrogen and oxygen atoms in total. The molecule has 0 saturated carbocycles. The van der Waals surface area contributed by atoms with E-state index in [2.05, 4.69) is 36.1 Å². The van der Waals surface area contributed by atoms with Gasteiger partial charge in [0.05, 0.1) is 0 Å². The number of thioether (sulfide) groups is 1.